The molecule has 1 aromatic carbocycles. The first-order valence-electron chi connectivity index (χ1n) is 5.39. The zero-order valence-electron chi connectivity index (χ0n) is 9.47. The summed E-state index contributed by atoms with van der Waals surface area (Å²) in [4.78, 5) is 12.7. The van der Waals surface area contributed by atoms with Crippen molar-refractivity contribution in [2.45, 2.75) is 12.5 Å². The van der Waals surface area contributed by atoms with E-state index in [9.17, 15) is 4.79 Å². The largest absolute Gasteiger partial charge is 0.480 e. The van der Waals surface area contributed by atoms with E-state index in [2.05, 4.69) is 0 Å². The Labute approximate surface area is 114 Å². The molecule has 0 aliphatic rings. The monoisotopic (exact) mass is 281 g/mol. The van der Waals surface area contributed by atoms with Crippen LogP contribution in [-0.4, -0.2) is 17.1 Å². The van der Waals surface area contributed by atoms with Crippen LogP contribution in [0.25, 0.3) is 10.4 Å². The fraction of sp³-hybridized carbons (Fsp3) is 0.154. The van der Waals surface area contributed by atoms with Crippen LogP contribution in [0.3, 0.4) is 0 Å². The van der Waals surface area contributed by atoms with Crippen molar-refractivity contribution in [3.8, 4) is 10.4 Å². The Morgan fingerprint density at radius 1 is 1.28 bits per heavy atom. The normalized spacial score (nSPS) is 12.3. The molecule has 3 N–H and O–H groups in total. The van der Waals surface area contributed by atoms with Crippen molar-refractivity contribution in [2.75, 3.05) is 0 Å². The molecule has 94 valence electrons. The van der Waals surface area contributed by atoms with Gasteiger partial charge in [-0.1, -0.05) is 23.7 Å². The third-order valence-electron chi connectivity index (χ3n) is 2.53. The third-order valence-corrected chi connectivity index (χ3v) is 3.94. The fourth-order valence-corrected chi connectivity index (χ4v) is 2.76. The number of hydrogen-bond acceptors (Lipinski definition) is 3. The summed E-state index contributed by atoms with van der Waals surface area (Å²) in [5, 5.41) is 9.46. The number of halogens is 1. The van der Waals surface area contributed by atoms with Crippen molar-refractivity contribution in [1.29, 1.82) is 0 Å². The molecule has 5 heteroatoms. The van der Waals surface area contributed by atoms with Gasteiger partial charge in [-0.15, -0.1) is 11.3 Å². The van der Waals surface area contributed by atoms with Crippen molar-refractivity contribution in [3.63, 3.8) is 0 Å². The van der Waals surface area contributed by atoms with E-state index in [4.69, 9.17) is 22.4 Å². The molecule has 2 aromatic rings. The van der Waals surface area contributed by atoms with Crippen molar-refractivity contribution in [3.05, 3.63) is 46.3 Å². The standard InChI is InChI=1S/C13H12ClNO2S/c14-9-3-1-8(2-4-9)12-6-5-10(18-12)7-11(15)13(16)17/h1-6,11H,7,15H2,(H,16,17). The number of carboxylic acid groups (broad SMARTS) is 1. The Balaban J connectivity index is 2.15. The number of hydrogen-bond donors (Lipinski definition) is 2. The number of thiophene rings is 1. The highest BCUT2D eigenvalue weighted by molar-refractivity contribution is 7.15. The summed E-state index contributed by atoms with van der Waals surface area (Å²) in [6, 6.07) is 10.6. The van der Waals surface area contributed by atoms with Gasteiger partial charge in [0.15, 0.2) is 0 Å². The number of nitrogens with two attached hydrogens (primary N) is 1. The summed E-state index contributed by atoms with van der Waals surface area (Å²) < 4.78 is 0. The van der Waals surface area contributed by atoms with Crippen LogP contribution in [0.1, 0.15) is 4.88 Å². The van der Waals surface area contributed by atoms with E-state index in [1.165, 1.54) is 0 Å². The zero-order valence-corrected chi connectivity index (χ0v) is 11.0. The molecule has 1 aromatic heterocycles. The molecule has 0 radical (unpaired) electrons. The van der Waals surface area contributed by atoms with Crippen LogP contribution in [0.4, 0.5) is 0 Å². The first kappa shape index (κ1) is 13.1. The minimum Gasteiger partial charge on any atom is -0.480 e. The molecular weight excluding hydrogens is 270 g/mol. The van der Waals surface area contributed by atoms with E-state index in [1.807, 2.05) is 36.4 Å². The lowest BCUT2D eigenvalue weighted by molar-refractivity contribution is -0.138. The van der Waals surface area contributed by atoms with E-state index in [-0.39, 0.29) is 0 Å². The van der Waals surface area contributed by atoms with Crippen LogP contribution in [-0.2, 0) is 11.2 Å². The number of carbonyl (C=O) groups is 1. The molecule has 0 spiro atoms. The molecule has 0 fully saturated rings. The summed E-state index contributed by atoms with van der Waals surface area (Å²) in [6.07, 6.45) is 0.355. The number of carboxylic acids is 1. The molecule has 1 unspecified atom stereocenters. The molecule has 3 nitrogen and oxygen atoms in total. The predicted octanol–water partition coefficient (Wildman–Crippen LogP) is 3.02. The molecule has 0 saturated carbocycles. The van der Waals surface area contributed by atoms with Gasteiger partial charge in [0.1, 0.15) is 6.04 Å². The minimum absolute atomic E-state index is 0.355. The van der Waals surface area contributed by atoms with Crippen LogP contribution in [0.5, 0.6) is 0 Å². The van der Waals surface area contributed by atoms with Crippen molar-refractivity contribution < 1.29 is 9.90 Å². The van der Waals surface area contributed by atoms with Crippen LogP contribution in [0, 0.1) is 0 Å². The fourth-order valence-electron chi connectivity index (χ4n) is 1.56. The molecule has 18 heavy (non-hydrogen) atoms. The Hall–Kier alpha value is -1.36. The Bertz CT molecular complexity index is 550. The lowest BCUT2D eigenvalue weighted by Crippen LogP contribution is -2.31. The maximum absolute atomic E-state index is 10.7. The second kappa shape index (κ2) is 5.52. The van der Waals surface area contributed by atoms with Crippen LogP contribution >= 0.6 is 22.9 Å². The average Bonchev–Trinajstić information content (AvgIpc) is 2.78. The molecular formula is C13H12ClNO2S. The molecule has 0 bridgehead atoms. The third kappa shape index (κ3) is 3.10. The summed E-state index contributed by atoms with van der Waals surface area (Å²) >= 11 is 7.38. The van der Waals surface area contributed by atoms with Gasteiger partial charge < -0.3 is 10.8 Å². The predicted molar refractivity (Wildman–Crippen MR) is 74.1 cm³/mol. The highest BCUT2D eigenvalue weighted by Crippen LogP contribution is 2.29. The first-order chi connectivity index (χ1) is 8.56. The highest BCUT2D eigenvalue weighted by Gasteiger charge is 2.13. The molecule has 0 aliphatic heterocycles. The number of benzene rings is 1. The summed E-state index contributed by atoms with van der Waals surface area (Å²) in [6.45, 7) is 0. The smallest absolute Gasteiger partial charge is 0.320 e. The molecule has 2 rings (SSSR count). The van der Waals surface area contributed by atoms with E-state index in [1.54, 1.807) is 11.3 Å². The average molecular weight is 282 g/mol. The van der Waals surface area contributed by atoms with E-state index in [0.29, 0.717) is 11.4 Å². The first-order valence-corrected chi connectivity index (χ1v) is 6.59. The lowest BCUT2D eigenvalue weighted by atomic mass is 10.2. The van der Waals surface area contributed by atoms with Gasteiger partial charge in [0.2, 0.25) is 0 Å². The Kier molecular flexibility index (Phi) is 4.01. The van der Waals surface area contributed by atoms with Crippen LogP contribution < -0.4 is 5.73 Å². The van der Waals surface area contributed by atoms with E-state index in [0.717, 1.165) is 15.3 Å². The summed E-state index contributed by atoms with van der Waals surface area (Å²) in [5.74, 6) is -0.976. The van der Waals surface area contributed by atoms with Gasteiger partial charge >= 0.3 is 5.97 Å². The van der Waals surface area contributed by atoms with Gasteiger partial charge in [0.05, 0.1) is 0 Å². The van der Waals surface area contributed by atoms with Gasteiger partial charge in [-0.2, -0.15) is 0 Å². The summed E-state index contributed by atoms with van der Waals surface area (Å²) in [5.41, 5.74) is 6.58. The molecule has 0 aliphatic carbocycles. The van der Waals surface area contributed by atoms with Crippen molar-refractivity contribution >= 4 is 28.9 Å². The lowest BCUT2D eigenvalue weighted by Gasteiger charge is -2.03. The van der Waals surface area contributed by atoms with Crippen LogP contribution in [0.2, 0.25) is 5.02 Å². The second-order valence-electron chi connectivity index (χ2n) is 3.92. The topological polar surface area (TPSA) is 63.3 Å². The van der Waals surface area contributed by atoms with Crippen LogP contribution in [0.15, 0.2) is 36.4 Å². The minimum atomic E-state index is -0.976. The zero-order chi connectivity index (χ0) is 13.1. The van der Waals surface area contributed by atoms with E-state index >= 15 is 0 Å². The van der Waals surface area contributed by atoms with Gasteiger partial charge in [-0.3, -0.25) is 4.79 Å². The SMILES string of the molecule is NC(Cc1ccc(-c2ccc(Cl)cc2)s1)C(=O)O. The van der Waals surface area contributed by atoms with Gasteiger partial charge in [-0.25, -0.2) is 0 Å². The maximum Gasteiger partial charge on any atom is 0.320 e. The molecule has 1 atom stereocenters. The highest BCUT2D eigenvalue weighted by atomic mass is 35.5. The molecule has 1 heterocycles. The maximum atomic E-state index is 10.7. The van der Waals surface area contributed by atoms with E-state index < -0.39 is 12.0 Å². The quantitative estimate of drug-likeness (QED) is 0.905. The Morgan fingerprint density at radius 2 is 1.94 bits per heavy atom. The van der Waals surface area contributed by atoms with Gasteiger partial charge in [-0.05, 0) is 29.8 Å². The Morgan fingerprint density at radius 3 is 2.56 bits per heavy atom. The van der Waals surface area contributed by atoms with Crippen molar-refractivity contribution in [1.82, 2.24) is 0 Å². The molecule has 0 amide bonds. The number of aliphatic carboxylic acids is 1. The summed E-state index contributed by atoms with van der Waals surface area (Å²) in [7, 11) is 0. The molecule has 0 saturated heterocycles. The van der Waals surface area contributed by atoms with Gasteiger partial charge in [0, 0.05) is 21.2 Å². The number of rotatable bonds is 4. The van der Waals surface area contributed by atoms with Gasteiger partial charge in [0.25, 0.3) is 0 Å². The second-order valence-corrected chi connectivity index (χ2v) is 5.53. The van der Waals surface area contributed by atoms with Crippen molar-refractivity contribution in [2.24, 2.45) is 5.73 Å².